The normalized spacial score (nSPS) is 20.8. The van der Waals surface area contributed by atoms with Crippen molar-refractivity contribution in [2.45, 2.75) is 70.6 Å². The van der Waals surface area contributed by atoms with Crippen molar-refractivity contribution in [2.75, 3.05) is 6.54 Å². The molecule has 9 heteroatoms. The van der Waals surface area contributed by atoms with Crippen LogP contribution in [0.5, 0.6) is 0 Å². The van der Waals surface area contributed by atoms with Crippen molar-refractivity contribution in [3.05, 3.63) is 47.5 Å². The van der Waals surface area contributed by atoms with Crippen molar-refractivity contribution in [2.24, 2.45) is 0 Å². The van der Waals surface area contributed by atoms with Crippen molar-refractivity contribution >= 4 is 17.7 Å². The van der Waals surface area contributed by atoms with Crippen molar-refractivity contribution < 1.29 is 14.4 Å². The monoisotopic (exact) mass is 438 g/mol. The maximum absolute atomic E-state index is 13.3. The minimum Gasteiger partial charge on any atom is -0.351 e. The third kappa shape index (κ3) is 4.24. The number of amides is 3. The highest BCUT2D eigenvalue weighted by atomic mass is 16.2. The largest absolute Gasteiger partial charge is 0.351 e. The first-order valence-corrected chi connectivity index (χ1v) is 11.3. The molecule has 0 spiro atoms. The molecule has 4 rings (SSSR count). The van der Waals surface area contributed by atoms with Crippen molar-refractivity contribution in [1.82, 2.24) is 30.3 Å². The fourth-order valence-electron chi connectivity index (χ4n) is 4.51. The maximum Gasteiger partial charge on any atom is 0.273 e. The number of hydrogen-bond acceptors (Lipinski definition) is 5. The molecule has 9 nitrogen and oxygen atoms in total. The van der Waals surface area contributed by atoms with Crippen LogP contribution in [0.15, 0.2) is 30.6 Å². The van der Waals surface area contributed by atoms with Crippen LogP contribution in [0.3, 0.4) is 0 Å². The summed E-state index contributed by atoms with van der Waals surface area (Å²) in [4.78, 5) is 44.9. The molecule has 1 aliphatic carbocycles. The number of aromatic nitrogens is 3. The Hall–Kier alpha value is -3.23. The van der Waals surface area contributed by atoms with Crippen molar-refractivity contribution in [3.63, 3.8) is 0 Å². The predicted octanol–water partition coefficient (Wildman–Crippen LogP) is 1.89. The molecule has 1 fully saturated rings. The number of nitrogens with one attached hydrogen (secondary N) is 2. The Labute approximate surface area is 187 Å². The molecule has 0 bridgehead atoms. The van der Waals surface area contributed by atoms with E-state index in [2.05, 4.69) is 20.7 Å². The molecular formula is C23H30N6O3. The summed E-state index contributed by atoms with van der Waals surface area (Å²) < 4.78 is 1.50. The van der Waals surface area contributed by atoms with Crippen LogP contribution in [0.25, 0.3) is 0 Å². The van der Waals surface area contributed by atoms with Gasteiger partial charge in [-0.15, -0.1) is 0 Å². The number of rotatable bonds is 7. The molecule has 3 heterocycles. The van der Waals surface area contributed by atoms with Crippen LogP contribution < -0.4 is 10.6 Å². The topological polar surface area (TPSA) is 109 Å². The van der Waals surface area contributed by atoms with Crippen LogP contribution in [0.1, 0.15) is 72.5 Å². The number of carbonyl (C=O) groups excluding carboxylic acids is 3. The van der Waals surface area contributed by atoms with E-state index in [1.54, 1.807) is 30.3 Å². The Morgan fingerprint density at radius 3 is 2.75 bits per heavy atom. The van der Waals surface area contributed by atoms with Crippen LogP contribution >= 0.6 is 0 Å². The summed E-state index contributed by atoms with van der Waals surface area (Å²) >= 11 is 0. The summed E-state index contributed by atoms with van der Waals surface area (Å²) in [6.07, 6.45) is 8.24. The Balaban J connectivity index is 1.54. The molecule has 2 aliphatic rings. The molecule has 2 N–H and O–H groups in total. The number of pyridine rings is 1. The minimum absolute atomic E-state index is 0.157. The SMILES string of the molecule is CCCN1C(=O)c2cc(C(=O)NCc3cccnc3)nn2C[C@]1(C)C(=O)NC1CCCC1. The zero-order chi connectivity index (χ0) is 22.7. The Kier molecular flexibility index (Phi) is 6.25. The van der Waals surface area contributed by atoms with E-state index in [9.17, 15) is 14.4 Å². The molecule has 3 amide bonds. The number of nitrogens with zero attached hydrogens (tertiary/aromatic N) is 4. The first kappa shape index (κ1) is 22.0. The summed E-state index contributed by atoms with van der Waals surface area (Å²) in [5.74, 6) is -0.807. The smallest absolute Gasteiger partial charge is 0.273 e. The van der Waals surface area contributed by atoms with Gasteiger partial charge in [-0.25, -0.2) is 0 Å². The summed E-state index contributed by atoms with van der Waals surface area (Å²) in [5.41, 5.74) is 0.300. The molecule has 0 radical (unpaired) electrons. The van der Waals surface area contributed by atoms with Gasteiger partial charge in [0, 0.05) is 37.6 Å². The molecule has 0 saturated heterocycles. The highest BCUT2D eigenvalue weighted by molar-refractivity contribution is 6.01. The molecule has 2 aromatic heterocycles. The lowest BCUT2D eigenvalue weighted by molar-refractivity contribution is -0.133. The van der Waals surface area contributed by atoms with Gasteiger partial charge in [0.25, 0.3) is 11.8 Å². The Bertz CT molecular complexity index is 998. The van der Waals surface area contributed by atoms with Crippen LogP contribution in [-0.4, -0.2) is 55.5 Å². The average Bonchev–Trinajstić information content (AvgIpc) is 3.45. The van der Waals surface area contributed by atoms with E-state index in [1.807, 2.05) is 13.0 Å². The predicted molar refractivity (Wildman–Crippen MR) is 118 cm³/mol. The lowest BCUT2D eigenvalue weighted by atomic mass is 9.94. The van der Waals surface area contributed by atoms with Crippen LogP contribution in [-0.2, 0) is 17.9 Å². The van der Waals surface area contributed by atoms with Gasteiger partial charge in [-0.1, -0.05) is 25.8 Å². The van der Waals surface area contributed by atoms with Gasteiger partial charge in [0.15, 0.2) is 5.69 Å². The summed E-state index contributed by atoms with van der Waals surface area (Å²) in [6, 6.07) is 5.34. The highest BCUT2D eigenvalue weighted by Gasteiger charge is 2.48. The van der Waals surface area contributed by atoms with E-state index in [4.69, 9.17) is 0 Å². The second-order valence-corrected chi connectivity index (χ2v) is 8.80. The Morgan fingerprint density at radius 1 is 1.28 bits per heavy atom. The van der Waals surface area contributed by atoms with E-state index >= 15 is 0 Å². The van der Waals surface area contributed by atoms with Gasteiger partial charge in [-0.2, -0.15) is 5.10 Å². The van der Waals surface area contributed by atoms with Gasteiger partial charge in [0.1, 0.15) is 11.2 Å². The van der Waals surface area contributed by atoms with Crippen LogP contribution in [0.4, 0.5) is 0 Å². The third-order valence-electron chi connectivity index (χ3n) is 6.33. The van der Waals surface area contributed by atoms with Crippen LogP contribution in [0, 0.1) is 0 Å². The zero-order valence-corrected chi connectivity index (χ0v) is 18.6. The first-order chi connectivity index (χ1) is 15.4. The van der Waals surface area contributed by atoms with Gasteiger partial charge in [0.05, 0.1) is 6.54 Å². The molecule has 1 aliphatic heterocycles. The molecule has 1 saturated carbocycles. The van der Waals surface area contributed by atoms with Crippen molar-refractivity contribution in [1.29, 1.82) is 0 Å². The van der Waals surface area contributed by atoms with Gasteiger partial charge >= 0.3 is 0 Å². The van der Waals surface area contributed by atoms with Gasteiger partial charge in [-0.05, 0) is 37.8 Å². The maximum atomic E-state index is 13.3. The van der Waals surface area contributed by atoms with Crippen LogP contribution in [0.2, 0.25) is 0 Å². The summed E-state index contributed by atoms with van der Waals surface area (Å²) in [6.45, 7) is 4.75. The minimum atomic E-state index is -1.06. The summed E-state index contributed by atoms with van der Waals surface area (Å²) in [7, 11) is 0. The first-order valence-electron chi connectivity index (χ1n) is 11.3. The second-order valence-electron chi connectivity index (χ2n) is 8.80. The van der Waals surface area contributed by atoms with Gasteiger partial charge in [0.2, 0.25) is 5.91 Å². The molecule has 1 atom stereocenters. The van der Waals surface area contributed by atoms with E-state index in [1.165, 1.54) is 10.7 Å². The fourth-order valence-corrected chi connectivity index (χ4v) is 4.51. The second kappa shape index (κ2) is 9.10. The van der Waals surface area contributed by atoms with Gasteiger partial charge < -0.3 is 15.5 Å². The number of fused-ring (bicyclic) bond motifs is 1. The van der Waals surface area contributed by atoms with Crippen molar-refractivity contribution in [3.8, 4) is 0 Å². The van der Waals surface area contributed by atoms with E-state index in [0.29, 0.717) is 18.8 Å². The molecular weight excluding hydrogens is 408 g/mol. The van der Waals surface area contributed by atoms with Gasteiger partial charge in [-0.3, -0.25) is 24.0 Å². The third-order valence-corrected chi connectivity index (χ3v) is 6.33. The molecule has 0 aromatic carbocycles. The quantitative estimate of drug-likeness (QED) is 0.686. The molecule has 0 unspecified atom stereocenters. The lowest BCUT2D eigenvalue weighted by Crippen LogP contribution is -2.65. The average molecular weight is 439 g/mol. The molecule has 2 aromatic rings. The fraction of sp³-hybridized carbons (Fsp3) is 0.522. The Morgan fingerprint density at radius 2 is 2.06 bits per heavy atom. The lowest BCUT2D eigenvalue weighted by Gasteiger charge is -2.43. The number of carbonyl (C=O) groups is 3. The zero-order valence-electron chi connectivity index (χ0n) is 18.6. The standard InChI is InChI=1S/C23H30N6O3/c1-3-11-28-21(31)19-12-18(20(30)25-14-16-7-6-10-24-13-16)27-29(19)15-23(28,2)22(32)26-17-8-4-5-9-17/h6-7,10,12-13,17H,3-5,8-9,11,14-15H2,1-2H3,(H,25,30)(H,26,32)/t23-/m1/s1. The number of hydrogen-bond donors (Lipinski definition) is 2. The van der Waals surface area contributed by atoms with E-state index in [-0.39, 0.29) is 36.0 Å². The van der Waals surface area contributed by atoms with E-state index < -0.39 is 5.54 Å². The van der Waals surface area contributed by atoms with E-state index in [0.717, 1.165) is 37.7 Å². The molecule has 170 valence electrons. The summed E-state index contributed by atoms with van der Waals surface area (Å²) in [5, 5.41) is 10.3. The highest BCUT2D eigenvalue weighted by Crippen LogP contribution is 2.29. The molecule has 32 heavy (non-hydrogen) atoms.